The number of anilines is 1. The van der Waals surface area contributed by atoms with E-state index in [-0.39, 0.29) is 23.5 Å². The second-order valence-corrected chi connectivity index (χ2v) is 8.41. The van der Waals surface area contributed by atoms with Crippen molar-refractivity contribution in [1.82, 2.24) is 14.8 Å². The molecule has 0 aliphatic heterocycles. The van der Waals surface area contributed by atoms with Gasteiger partial charge < -0.3 is 10.1 Å². The number of carbonyl (C=O) groups excluding carboxylic acids is 2. The highest BCUT2D eigenvalue weighted by atomic mass is 32.2. The Morgan fingerprint density at radius 1 is 1.15 bits per heavy atom. The van der Waals surface area contributed by atoms with Gasteiger partial charge in [0.2, 0.25) is 5.91 Å². The number of benzene rings is 2. The lowest BCUT2D eigenvalue weighted by molar-refractivity contribution is -0.113. The summed E-state index contributed by atoms with van der Waals surface area (Å²) in [5, 5.41) is 12.0. The van der Waals surface area contributed by atoms with Crippen molar-refractivity contribution in [3.63, 3.8) is 0 Å². The Bertz CT molecular complexity index is 1110. The molecule has 0 saturated heterocycles. The SMILES string of the molecule is C=CCn1c(SCC(=O)Nc2ccc(C(C)=O)cc2)nnc1C(C)Oc1ccc(CC)cc1. The Morgan fingerprint density at radius 3 is 2.45 bits per heavy atom. The summed E-state index contributed by atoms with van der Waals surface area (Å²) in [6.07, 6.45) is 2.41. The smallest absolute Gasteiger partial charge is 0.234 e. The third-order valence-corrected chi connectivity index (χ3v) is 5.94. The fourth-order valence-corrected chi connectivity index (χ4v) is 3.94. The van der Waals surface area contributed by atoms with Gasteiger partial charge in [-0.1, -0.05) is 36.9 Å². The zero-order chi connectivity index (χ0) is 23.8. The standard InChI is InChI=1S/C25H28N4O3S/c1-5-15-29-24(18(4)32-22-13-7-19(6-2)8-14-22)27-28-25(29)33-16-23(31)26-21-11-9-20(10-12-21)17(3)30/h5,7-14,18H,1,6,15-16H2,2-4H3,(H,26,31). The summed E-state index contributed by atoms with van der Waals surface area (Å²) in [7, 11) is 0. The van der Waals surface area contributed by atoms with Crippen molar-refractivity contribution in [3.05, 3.63) is 78.1 Å². The third-order valence-electron chi connectivity index (χ3n) is 4.97. The Balaban J connectivity index is 1.63. The minimum atomic E-state index is -0.326. The number of amides is 1. The van der Waals surface area contributed by atoms with E-state index in [1.54, 1.807) is 30.3 Å². The molecule has 0 fully saturated rings. The van der Waals surface area contributed by atoms with Crippen LogP contribution in [0.15, 0.2) is 66.3 Å². The molecule has 0 radical (unpaired) electrons. The van der Waals surface area contributed by atoms with Gasteiger partial charge in [-0.15, -0.1) is 16.8 Å². The van der Waals surface area contributed by atoms with Gasteiger partial charge in [-0.05, 0) is 62.2 Å². The summed E-state index contributed by atoms with van der Waals surface area (Å²) in [6, 6.07) is 14.8. The normalized spacial score (nSPS) is 11.6. The molecule has 33 heavy (non-hydrogen) atoms. The molecule has 3 aromatic rings. The number of nitrogens with one attached hydrogen (secondary N) is 1. The first kappa shape index (κ1) is 24.3. The van der Waals surface area contributed by atoms with E-state index in [1.807, 2.05) is 35.8 Å². The quantitative estimate of drug-likeness (QED) is 0.241. The zero-order valence-corrected chi connectivity index (χ0v) is 19.9. The van der Waals surface area contributed by atoms with E-state index in [4.69, 9.17) is 4.74 Å². The number of ketones is 1. The average Bonchev–Trinajstić information content (AvgIpc) is 3.21. The molecular formula is C25H28N4O3S. The van der Waals surface area contributed by atoms with Crippen LogP contribution in [0, 0.1) is 0 Å². The number of hydrogen-bond acceptors (Lipinski definition) is 6. The van der Waals surface area contributed by atoms with Crippen LogP contribution in [0.5, 0.6) is 5.75 Å². The Hall–Kier alpha value is -3.39. The molecule has 0 saturated carbocycles. The van der Waals surface area contributed by atoms with Gasteiger partial charge >= 0.3 is 0 Å². The monoisotopic (exact) mass is 464 g/mol. The fraction of sp³-hybridized carbons (Fsp3) is 0.280. The van der Waals surface area contributed by atoms with Crippen LogP contribution < -0.4 is 10.1 Å². The Kier molecular flexibility index (Phi) is 8.43. The second-order valence-electron chi connectivity index (χ2n) is 7.47. The number of carbonyl (C=O) groups is 2. The predicted molar refractivity (Wildman–Crippen MR) is 131 cm³/mol. The van der Waals surface area contributed by atoms with E-state index in [0.29, 0.717) is 28.8 Å². The van der Waals surface area contributed by atoms with E-state index in [0.717, 1.165) is 12.2 Å². The predicted octanol–water partition coefficient (Wildman–Crippen LogP) is 5.10. The van der Waals surface area contributed by atoms with Gasteiger partial charge in [0.25, 0.3) is 0 Å². The number of thioether (sulfide) groups is 1. The largest absolute Gasteiger partial charge is 0.483 e. The molecule has 1 amide bonds. The first-order chi connectivity index (χ1) is 15.9. The molecule has 1 N–H and O–H groups in total. The maximum atomic E-state index is 12.4. The van der Waals surface area contributed by atoms with E-state index in [1.165, 1.54) is 24.2 Å². The van der Waals surface area contributed by atoms with Crippen molar-refractivity contribution in [2.24, 2.45) is 0 Å². The molecule has 0 aliphatic carbocycles. The van der Waals surface area contributed by atoms with Crippen molar-refractivity contribution >= 4 is 29.1 Å². The molecule has 1 unspecified atom stereocenters. The number of aromatic nitrogens is 3. The van der Waals surface area contributed by atoms with Gasteiger partial charge in [-0.25, -0.2) is 0 Å². The first-order valence-corrected chi connectivity index (χ1v) is 11.7. The molecule has 0 aliphatic rings. The lowest BCUT2D eigenvalue weighted by atomic mass is 10.1. The van der Waals surface area contributed by atoms with E-state index < -0.39 is 0 Å². The minimum absolute atomic E-state index is 0.0167. The van der Waals surface area contributed by atoms with Crippen LogP contribution >= 0.6 is 11.8 Å². The molecule has 2 aromatic carbocycles. The maximum Gasteiger partial charge on any atom is 0.234 e. The summed E-state index contributed by atoms with van der Waals surface area (Å²) >= 11 is 1.29. The lowest BCUT2D eigenvalue weighted by Crippen LogP contribution is -2.15. The summed E-state index contributed by atoms with van der Waals surface area (Å²) < 4.78 is 7.96. The van der Waals surface area contributed by atoms with Gasteiger partial charge in [0.05, 0.1) is 5.75 Å². The van der Waals surface area contributed by atoms with Crippen molar-refractivity contribution in [2.45, 2.75) is 45.0 Å². The summed E-state index contributed by atoms with van der Waals surface area (Å²) in [5.74, 6) is 1.40. The zero-order valence-electron chi connectivity index (χ0n) is 19.1. The van der Waals surface area contributed by atoms with Gasteiger partial charge in [0, 0.05) is 17.8 Å². The Morgan fingerprint density at radius 2 is 1.85 bits per heavy atom. The molecule has 3 rings (SSSR count). The summed E-state index contributed by atoms with van der Waals surface area (Å²) in [6.45, 7) is 9.86. The molecule has 172 valence electrons. The van der Waals surface area contributed by atoms with Crippen LogP contribution in [0.4, 0.5) is 5.69 Å². The fourth-order valence-electron chi connectivity index (χ4n) is 3.18. The number of aryl methyl sites for hydroxylation is 1. The first-order valence-electron chi connectivity index (χ1n) is 10.7. The highest BCUT2D eigenvalue weighted by molar-refractivity contribution is 7.99. The highest BCUT2D eigenvalue weighted by Crippen LogP contribution is 2.25. The molecule has 0 spiro atoms. The van der Waals surface area contributed by atoms with E-state index in [9.17, 15) is 9.59 Å². The molecule has 1 atom stereocenters. The van der Waals surface area contributed by atoms with Crippen LogP contribution in [-0.4, -0.2) is 32.2 Å². The second kappa shape index (κ2) is 11.5. The summed E-state index contributed by atoms with van der Waals surface area (Å²) in [4.78, 5) is 23.8. The molecule has 0 bridgehead atoms. The maximum absolute atomic E-state index is 12.4. The van der Waals surface area contributed by atoms with Gasteiger partial charge in [-0.3, -0.25) is 14.2 Å². The van der Waals surface area contributed by atoms with Crippen LogP contribution in [0.1, 0.15) is 48.6 Å². The third kappa shape index (κ3) is 6.55. The van der Waals surface area contributed by atoms with E-state index in [2.05, 4.69) is 29.0 Å². The van der Waals surface area contributed by atoms with Crippen molar-refractivity contribution < 1.29 is 14.3 Å². The number of Topliss-reactive ketones (excluding diaryl/α,β-unsaturated/α-hetero) is 1. The van der Waals surface area contributed by atoms with Crippen molar-refractivity contribution in [3.8, 4) is 5.75 Å². The van der Waals surface area contributed by atoms with E-state index >= 15 is 0 Å². The van der Waals surface area contributed by atoms with Crippen LogP contribution in [0.25, 0.3) is 0 Å². The molecule has 7 nitrogen and oxygen atoms in total. The van der Waals surface area contributed by atoms with Crippen molar-refractivity contribution in [1.29, 1.82) is 0 Å². The molecule has 1 heterocycles. The number of rotatable bonds is 11. The minimum Gasteiger partial charge on any atom is -0.483 e. The van der Waals surface area contributed by atoms with Crippen LogP contribution in [0.3, 0.4) is 0 Å². The molecule has 8 heteroatoms. The number of ether oxygens (including phenoxy) is 1. The summed E-state index contributed by atoms with van der Waals surface area (Å²) in [5.41, 5.74) is 2.48. The average molecular weight is 465 g/mol. The van der Waals surface area contributed by atoms with Crippen molar-refractivity contribution in [2.75, 3.05) is 11.1 Å². The lowest BCUT2D eigenvalue weighted by Gasteiger charge is -2.16. The number of nitrogens with zero attached hydrogens (tertiary/aromatic N) is 3. The van der Waals surface area contributed by atoms with Gasteiger partial charge in [-0.2, -0.15) is 0 Å². The Labute approximate surface area is 198 Å². The van der Waals surface area contributed by atoms with Gasteiger partial charge in [0.1, 0.15) is 5.75 Å². The highest BCUT2D eigenvalue weighted by Gasteiger charge is 2.20. The molecule has 1 aromatic heterocycles. The van der Waals surface area contributed by atoms with Crippen LogP contribution in [0.2, 0.25) is 0 Å². The number of hydrogen-bond donors (Lipinski definition) is 1. The molecular weight excluding hydrogens is 436 g/mol. The topological polar surface area (TPSA) is 86.1 Å². The van der Waals surface area contributed by atoms with Crippen LogP contribution in [-0.2, 0) is 17.8 Å². The number of allylic oxidation sites excluding steroid dienone is 1. The van der Waals surface area contributed by atoms with Gasteiger partial charge in [0.15, 0.2) is 22.9 Å².